The number of amides is 2. The van der Waals surface area contributed by atoms with Gasteiger partial charge >= 0.3 is 0 Å². The van der Waals surface area contributed by atoms with Gasteiger partial charge in [-0.2, -0.15) is 0 Å². The van der Waals surface area contributed by atoms with Gasteiger partial charge < -0.3 is 10.6 Å². The molecule has 0 unspecified atom stereocenters. The van der Waals surface area contributed by atoms with Crippen molar-refractivity contribution in [1.82, 2.24) is 0 Å². The first-order valence-electron chi connectivity index (χ1n) is 10.1. The standard InChI is InChI=1S/C24H24ClN3O4S/c1-24(2,3)23(30)27-19-7-4-6-16(14-19)22(29)26-20-8-5-9-21(15-20)33(31,32)28-18-12-10-17(25)11-13-18/h4-15,28H,1-3H3,(H,26,29)(H,27,30). The molecule has 0 saturated heterocycles. The topological polar surface area (TPSA) is 104 Å². The lowest BCUT2D eigenvalue weighted by Crippen LogP contribution is -2.27. The van der Waals surface area contributed by atoms with Gasteiger partial charge in [-0.05, 0) is 60.7 Å². The number of hydrogen-bond donors (Lipinski definition) is 3. The van der Waals surface area contributed by atoms with E-state index >= 15 is 0 Å². The molecule has 172 valence electrons. The number of hydrogen-bond acceptors (Lipinski definition) is 4. The van der Waals surface area contributed by atoms with Gasteiger partial charge in [0.15, 0.2) is 0 Å². The number of carbonyl (C=O) groups is 2. The lowest BCUT2D eigenvalue weighted by molar-refractivity contribution is -0.123. The normalized spacial score (nSPS) is 11.5. The summed E-state index contributed by atoms with van der Waals surface area (Å²) in [5.74, 6) is -0.617. The Labute approximate surface area is 198 Å². The summed E-state index contributed by atoms with van der Waals surface area (Å²) in [7, 11) is -3.88. The molecular weight excluding hydrogens is 462 g/mol. The molecule has 0 heterocycles. The van der Waals surface area contributed by atoms with Crippen molar-refractivity contribution in [2.75, 3.05) is 15.4 Å². The zero-order chi connectivity index (χ0) is 24.2. The Kier molecular flexibility index (Phi) is 7.09. The van der Waals surface area contributed by atoms with E-state index in [1.165, 1.54) is 18.2 Å². The molecule has 0 atom stereocenters. The van der Waals surface area contributed by atoms with Crippen molar-refractivity contribution < 1.29 is 18.0 Å². The molecule has 33 heavy (non-hydrogen) atoms. The second kappa shape index (κ2) is 9.64. The fourth-order valence-corrected chi connectivity index (χ4v) is 3.96. The molecule has 3 aromatic carbocycles. The first kappa shape index (κ1) is 24.3. The zero-order valence-electron chi connectivity index (χ0n) is 18.3. The SMILES string of the molecule is CC(C)(C)C(=O)Nc1cccc(C(=O)Nc2cccc(S(=O)(=O)Nc3ccc(Cl)cc3)c2)c1. The fourth-order valence-electron chi connectivity index (χ4n) is 2.73. The predicted molar refractivity (Wildman–Crippen MR) is 131 cm³/mol. The van der Waals surface area contributed by atoms with E-state index in [0.717, 1.165) is 0 Å². The molecule has 0 radical (unpaired) electrons. The minimum atomic E-state index is -3.88. The zero-order valence-corrected chi connectivity index (χ0v) is 19.9. The minimum Gasteiger partial charge on any atom is -0.326 e. The van der Waals surface area contributed by atoms with Crippen LogP contribution in [0.2, 0.25) is 5.02 Å². The van der Waals surface area contributed by atoms with E-state index in [9.17, 15) is 18.0 Å². The molecule has 3 aromatic rings. The van der Waals surface area contributed by atoms with Gasteiger partial charge in [0, 0.05) is 33.1 Å². The van der Waals surface area contributed by atoms with Crippen LogP contribution in [0.3, 0.4) is 0 Å². The Hall–Kier alpha value is -3.36. The summed E-state index contributed by atoms with van der Waals surface area (Å²) in [5, 5.41) is 5.96. The average molecular weight is 486 g/mol. The Balaban J connectivity index is 1.75. The highest BCUT2D eigenvalue weighted by Crippen LogP contribution is 2.22. The third kappa shape index (κ3) is 6.57. The second-order valence-corrected chi connectivity index (χ2v) is 10.5. The van der Waals surface area contributed by atoms with E-state index in [-0.39, 0.29) is 10.8 Å². The van der Waals surface area contributed by atoms with E-state index in [0.29, 0.717) is 27.6 Å². The molecule has 0 aliphatic heterocycles. The summed E-state index contributed by atoms with van der Waals surface area (Å²) in [5.41, 5.74) is 0.899. The molecule has 0 aliphatic carbocycles. The molecule has 9 heteroatoms. The van der Waals surface area contributed by atoms with E-state index < -0.39 is 21.3 Å². The quantitative estimate of drug-likeness (QED) is 0.436. The van der Waals surface area contributed by atoms with Crippen LogP contribution in [-0.4, -0.2) is 20.2 Å². The molecule has 7 nitrogen and oxygen atoms in total. The summed E-state index contributed by atoms with van der Waals surface area (Å²) >= 11 is 5.84. The number of sulfonamides is 1. The van der Waals surface area contributed by atoms with Crippen LogP contribution < -0.4 is 15.4 Å². The van der Waals surface area contributed by atoms with Crippen LogP contribution in [0.15, 0.2) is 77.7 Å². The van der Waals surface area contributed by atoms with Crippen molar-refractivity contribution >= 4 is 50.5 Å². The maximum absolute atomic E-state index is 12.7. The maximum Gasteiger partial charge on any atom is 0.261 e. The Bertz CT molecular complexity index is 1280. The first-order chi connectivity index (χ1) is 15.4. The average Bonchev–Trinajstić information content (AvgIpc) is 2.75. The van der Waals surface area contributed by atoms with Crippen molar-refractivity contribution in [2.24, 2.45) is 5.41 Å². The van der Waals surface area contributed by atoms with E-state index in [4.69, 9.17) is 11.6 Å². The third-order valence-corrected chi connectivity index (χ3v) is 6.19. The molecule has 3 N–H and O–H groups in total. The van der Waals surface area contributed by atoms with Gasteiger partial charge in [-0.1, -0.05) is 44.5 Å². The van der Waals surface area contributed by atoms with Crippen molar-refractivity contribution in [3.63, 3.8) is 0 Å². The summed E-state index contributed by atoms with van der Waals surface area (Å²) in [6.45, 7) is 5.38. The molecule has 0 aromatic heterocycles. The van der Waals surface area contributed by atoms with Gasteiger partial charge in [0.2, 0.25) is 5.91 Å². The minimum absolute atomic E-state index is 0.0126. The summed E-state index contributed by atoms with van der Waals surface area (Å²) < 4.78 is 27.9. The van der Waals surface area contributed by atoms with Crippen LogP contribution in [0.25, 0.3) is 0 Å². The van der Waals surface area contributed by atoms with Crippen LogP contribution in [0.5, 0.6) is 0 Å². The largest absolute Gasteiger partial charge is 0.326 e. The predicted octanol–water partition coefficient (Wildman–Crippen LogP) is 5.38. The number of anilines is 3. The number of halogens is 1. The Morgan fingerprint density at radius 1 is 0.788 bits per heavy atom. The highest BCUT2D eigenvalue weighted by atomic mass is 35.5. The number of benzene rings is 3. The van der Waals surface area contributed by atoms with Crippen molar-refractivity contribution in [1.29, 1.82) is 0 Å². The van der Waals surface area contributed by atoms with Crippen LogP contribution >= 0.6 is 11.6 Å². The highest BCUT2D eigenvalue weighted by molar-refractivity contribution is 7.92. The lowest BCUT2D eigenvalue weighted by atomic mass is 9.95. The van der Waals surface area contributed by atoms with E-state index in [1.807, 2.05) is 0 Å². The van der Waals surface area contributed by atoms with Crippen LogP contribution in [-0.2, 0) is 14.8 Å². The number of nitrogens with one attached hydrogen (secondary N) is 3. The molecule has 0 bridgehead atoms. The molecule has 0 aliphatic rings. The number of carbonyl (C=O) groups excluding carboxylic acids is 2. The molecule has 0 fully saturated rings. The van der Waals surface area contributed by atoms with Crippen molar-refractivity contribution in [3.05, 3.63) is 83.4 Å². The smallest absolute Gasteiger partial charge is 0.261 e. The van der Waals surface area contributed by atoms with Gasteiger partial charge in [0.1, 0.15) is 0 Å². The molecule has 0 saturated carbocycles. The van der Waals surface area contributed by atoms with Gasteiger partial charge in [0.25, 0.3) is 15.9 Å². The first-order valence-corrected chi connectivity index (χ1v) is 11.9. The third-order valence-electron chi connectivity index (χ3n) is 4.56. The van der Waals surface area contributed by atoms with E-state index in [2.05, 4.69) is 15.4 Å². The maximum atomic E-state index is 12.7. The Morgan fingerprint density at radius 2 is 1.39 bits per heavy atom. The molecule has 0 spiro atoms. The van der Waals surface area contributed by atoms with Crippen LogP contribution in [0.4, 0.5) is 17.1 Å². The van der Waals surface area contributed by atoms with Gasteiger partial charge in [-0.3, -0.25) is 14.3 Å². The summed E-state index contributed by atoms with van der Waals surface area (Å²) in [6, 6.07) is 18.7. The van der Waals surface area contributed by atoms with Gasteiger partial charge in [-0.25, -0.2) is 8.42 Å². The van der Waals surface area contributed by atoms with Crippen molar-refractivity contribution in [3.8, 4) is 0 Å². The monoisotopic (exact) mass is 485 g/mol. The Morgan fingerprint density at radius 3 is 2.03 bits per heavy atom. The molecule has 2 amide bonds. The highest BCUT2D eigenvalue weighted by Gasteiger charge is 2.21. The van der Waals surface area contributed by atoms with Crippen molar-refractivity contribution in [2.45, 2.75) is 25.7 Å². The van der Waals surface area contributed by atoms with Crippen LogP contribution in [0, 0.1) is 5.41 Å². The summed E-state index contributed by atoms with van der Waals surface area (Å²) in [6.07, 6.45) is 0. The fraction of sp³-hybridized carbons (Fsp3) is 0.167. The van der Waals surface area contributed by atoms with Crippen LogP contribution in [0.1, 0.15) is 31.1 Å². The number of rotatable bonds is 6. The molecule has 3 rings (SSSR count). The summed E-state index contributed by atoms with van der Waals surface area (Å²) in [4.78, 5) is 24.9. The van der Waals surface area contributed by atoms with Gasteiger partial charge in [0.05, 0.1) is 4.90 Å². The second-order valence-electron chi connectivity index (χ2n) is 8.38. The van der Waals surface area contributed by atoms with E-state index in [1.54, 1.807) is 75.4 Å². The molecular formula is C24H24ClN3O4S. The lowest BCUT2D eigenvalue weighted by Gasteiger charge is -2.18. The van der Waals surface area contributed by atoms with Gasteiger partial charge in [-0.15, -0.1) is 0 Å².